The van der Waals surface area contributed by atoms with Crippen molar-refractivity contribution >= 4 is 17.7 Å². The number of nitrogens with two attached hydrogens (primary N) is 1. The van der Waals surface area contributed by atoms with Crippen molar-refractivity contribution in [3.05, 3.63) is 12.5 Å². The van der Waals surface area contributed by atoms with Crippen LogP contribution in [0.25, 0.3) is 0 Å². The zero-order valence-electron chi connectivity index (χ0n) is 16.0. The number of imidazole rings is 1. The van der Waals surface area contributed by atoms with Gasteiger partial charge in [-0.3, -0.25) is 4.79 Å². The van der Waals surface area contributed by atoms with Crippen LogP contribution in [-0.2, 0) is 9.59 Å². The molecule has 2 atom stereocenters. The number of nitrogens with one attached hydrogen (secondary N) is 1. The van der Waals surface area contributed by atoms with Crippen LogP contribution in [0.4, 0.5) is 5.82 Å². The number of carbonyl (C=O) groups is 2. The number of hydrogen-bond acceptors (Lipinski definition) is 5. The number of aliphatic hydroxyl groups is 1. The number of aliphatic hydroxyl groups excluding tert-OH is 1. The topological polar surface area (TPSA) is 130 Å². The summed E-state index contributed by atoms with van der Waals surface area (Å²) >= 11 is 0. The number of carboxylic acid groups (broad SMARTS) is 1. The molecule has 0 saturated carbocycles. The number of rotatable bonds is 6. The second-order valence-corrected chi connectivity index (χ2v) is 7.30. The van der Waals surface area contributed by atoms with Crippen molar-refractivity contribution in [1.29, 1.82) is 0 Å². The minimum absolute atomic E-state index is 0.359. The highest BCUT2D eigenvalue weighted by molar-refractivity contribution is 5.86. The van der Waals surface area contributed by atoms with E-state index in [1.54, 1.807) is 27.1 Å². The van der Waals surface area contributed by atoms with E-state index in [1.165, 1.54) is 0 Å². The van der Waals surface area contributed by atoms with Gasteiger partial charge in [0.15, 0.2) is 0 Å². The fourth-order valence-corrected chi connectivity index (χ4v) is 1.83. The second kappa shape index (κ2) is 10.0. The Labute approximate surface area is 149 Å². The number of carboxylic acids is 1. The Balaban J connectivity index is 0.000000535. The standard InChI is InChI=1S/C11H21NO4.C6H11N3/c1-5-6-7(10(15)16)12-9(14)8(13)11(2,3)4;1-5(2)9-3-6(7)8-4-9/h7-8,13H,5-6H2,1-4H3,(H,12,14)(H,15,16);3-5H,7H2,1-2H3. The SMILES string of the molecule is CC(C)n1cnc(N)c1.CCCC(NC(=O)C(O)C(C)(C)C)C(=O)O. The van der Waals surface area contributed by atoms with Crippen LogP contribution < -0.4 is 11.1 Å². The van der Waals surface area contributed by atoms with Crippen LogP contribution in [0.15, 0.2) is 12.5 Å². The number of carbonyl (C=O) groups excluding carboxylic acids is 1. The highest BCUT2D eigenvalue weighted by atomic mass is 16.4. The van der Waals surface area contributed by atoms with Gasteiger partial charge in [0.1, 0.15) is 18.0 Å². The molecule has 144 valence electrons. The minimum Gasteiger partial charge on any atom is -0.480 e. The summed E-state index contributed by atoms with van der Waals surface area (Å²) in [7, 11) is 0. The lowest BCUT2D eigenvalue weighted by Crippen LogP contribution is -2.49. The number of hydrogen-bond donors (Lipinski definition) is 4. The van der Waals surface area contributed by atoms with E-state index in [0.29, 0.717) is 24.7 Å². The maximum atomic E-state index is 11.6. The first-order valence-corrected chi connectivity index (χ1v) is 8.40. The molecule has 1 rings (SSSR count). The Bertz CT molecular complexity index is 549. The maximum Gasteiger partial charge on any atom is 0.326 e. The van der Waals surface area contributed by atoms with Gasteiger partial charge in [0.2, 0.25) is 5.91 Å². The van der Waals surface area contributed by atoms with Gasteiger partial charge in [-0.05, 0) is 25.7 Å². The zero-order chi connectivity index (χ0) is 19.8. The van der Waals surface area contributed by atoms with Gasteiger partial charge in [0.05, 0.1) is 6.33 Å². The van der Waals surface area contributed by atoms with E-state index in [-0.39, 0.29) is 0 Å². The quantitative estimate of drug-likeness (QED) is 0.615. The third-order valence-corrected chi connectivity index (χ3v) is 3.48. The molecule has 8 heteroatoms. The lowest BCUT2D eigenvalue weighted by molar-refractivity contribution is -0.145. The largest absolute Gasteiger partial charge is 0.480 e. The summed E-state index contributed by atoms with van der Waals surface area (Å²) in [6.07, 6.45) is 3.37. The number of nitrogens with zero attached hydrogens (tertiary/aromatic N) is 2. The Morgan fingerprint density at radius 3 is 2.20 bits per heavy atom. The van der Waals surface area contributed by atoms with Gasteiger partial charge in [-0.25, -0.2) is 9.78 Å². The molecular weight excluding hydrogens is 324 g/mol. The number of anilines is 1. The number of aliphatic carboxylic acids is 1. The summed E-state index contributed by atoms with van der Waals surface area (Å²) in [5.41, 5.74) is 4.79. The molecule has 0 aliphatic carbocycles. The van der Waals surface area contributed by atoms with Gasteiger partial charge in [-0.15, -0.1) is 0 Å². The third-order valence-electron chi connectivity index (χ3n) is 3.48. The third kappa shape index (κ3) is 8.53. The average Bonchev–Trinajstić information content (AvgIpc) is 2.92. The van der Waals surface area contributed by atoms with E-state index in [9.17, 15) is 14.7 Å². The predicted octanol–water partition coefficient (Wildman–Crippen LogP) is 1.81. The number of nitrogen functional groups attached to an aromatic ring is 1. The van der Waals surface area contributed by atoms with Gasteiger partial charge < -0.3 is 25.8 Å². The van der Waals surface area contributed by atoms with Crippen LogP contribution in [0, 0.1) is 5.41 Å². The fourth-order valence-electron chi connectivity index (χ4n) is 1.83. The Morgan fingerprint density at radius 1 is 1.36 bits per heavy atom. The van der Waals surface area contributed by atoms with Gasteiger partial charge in [-0.2, -0.15) is 0 Å². The molecule has 0 aliphatic heterocycles. The minimum atomic E-state index is -1.20. The van der Waals surface area contributed by atoms with Gasteiger partial charge in [0.25, 0.3) is 0 Å². The molecule has 1 aromatic rings. The highest BCUT2D eigenvalue weighted by Crippen LogP contribution is 2.19. The Kier molecular flexibility index (Phi) is 9.19. The molecule has 0 aliphatic rings. The fraction of sp³-hybridized carbons (Fsp3) is 0.706. The van der Waals surface area contributed by atoms with E-state index in [2.05, 4.69) is 24.1 Å². The molecule has 25 heavy (non-hydrogen) atoms. The molecule has 1 amide bonds. The first kappa shape index (κ1) is 22.9. The van der Waals surface area contributed by atoms with Gasteiger partial charge in [0, 0.05) is 12.2 Å². The van der Waals surface area contributed by atoms with Gasteiger partial charge >= 0.3 is 5.97 Å². The molecule has 0 radical (unpaired) electrons. The molecule has 0 fully saturated rings. The van der Waals surface area contributed by atoms with Crippen molar-refractivity contribution in [2.24, 2.45) is 5.41 Å². The average molecular weight is 356 g/mol. The van der Waals surface area contributed by atoms with Crippen LogP contribution in [0.1, 0.15) is 60.4 Å². The molecule has 0 saturated heterocycles. The molecule has 1 aromatic heterocycles. The lowest BCUT2D eigenvalue weighted by atomic mass is 9.88. The first-order valence-electron chi connectivity index (χ1n) is 8.40. The molecular formula is C17H32N4O4. The maximum absolute atomic E-state index is 11.6. The summed E-state index contributed by atoms with van der Waals surface area (Å²) in [5, 5.41) is 20.8. The van der Waals surface area contributed by atoms with Crippen LogP contribution in [0.2, 0.25) is 0 Å². The molecule has 5 N–H and O–H groups in total. The Morgan fingerprint density at radius 2 is 1.92 bits per heavy atom. The number of aromatic nitrogens is 2. The molecule has 1 heterocycles. The van der Waals surface area contributed by atoms with E-state index in [4.69, 9.17) is 10.8 Å². The van der Waals surface area contributed by atoms with Crippen LogP contribution in [-0.4, -0.2) is 43.8 Å². The van der Waals surface area contributed by atoms with Crippen molar-refractivity contribution in [2.45, 2.75) is 72.6 Å². The van der Waals surface area contributed by atoms with Crippen LogP contribution >= 0.6 is 0 Å². The molecule has 0 aromatic carbocycles. The summed E-state index contributed by atoms with van der Waals surface area (Å²) in [5.74, 6) is -1.12. The summed E-state index contributed by atoms with van der Waals surface area (Å²) in [4.78, 5) is 26.2. The smallest absolute Gasteiger partial charge is 0.326 e. The summed E-state index contributed by atoms with van der Waals surface area (Å²) < 4.78 is 1.97. The van der Waals surface area contributed by atoms with Crippen molar-refractivity contribution < 1.29 is 19.8 Å². The molecule has 2 unspecified atom stereocenters. The van der Waals surface area contributed by atoms with E-state index in [0.717, 1.165) is 0 Å². The van der Waals surface area contributed by atoms with Gasteiger partial charge in [-0.1, -0.05) is 34.1 Å². The molecule has 0 bridgehead atoms. The summed E-state index contributed by atoms with van der Waals surface area (Å²) in [6, 6.07) is -0.468. The predicted molar refractivity (Wildman–Crippen MR) is 97.0 cm³/mol. The normalized spacial score (nSPS) is 13.6. The lowest BCUT2D eigenvalue weighted by Gasteiger charge is -2.26. The van der Waals surface area contributed by atoms with Crippen molar-refractivity contribution in [1.82, 2.24) is 14.9 Å². The molecule has 8 nitrogen and oxygen atoms in total. The van der Waals surface area contributed by atoms with E-state index >= 15 is 0 Å². The number of amides is 1. The zero-order valence-corrected chi connectivity index (χ0v) is 16.0. The molecule has 0 spiro atoms. The van der Waals surface area contributed by atoms with E-state index in [1.807, 2.05) is 17.7 Å². The van der Waals surface area contributed by atoms with Crippen LogP contribution in [0.5, 0.6) is 0 Å². The highest BCUT2D eigenvalue weighted by Gasteiger charge is 2.31. The van der Waals surface area contributed by atoms with E-state index < -0.39 is 29.4 Å². The van der Waals surface area contributed by atoms with Crippen LogP contribution in [0.3, 0.4) is 0 Å². The Hall–Kier alpha value is -2.09. The van der Waals surface area contributed by atoms with Crippen molar-refractivity contribution in [3.63, 3.8) is 0 Å². The monoisotopic (exact) mass is 356 g/mol. The van der Waals surface area contributed by atoms with Crippen molar-refractivity contribution in [3.8, 4) is 0 Å². The second-order valence-electron chi connectivity index (χ2n) is 7.30. The first-order chi connectivity index (χ1) is 11.4. The van der Waals surface area contributed by atoms with Crippen molar-refractivity contribution in [2.75, 3.05) is 5.73 Å². The summed E-state index contributed by atoms with van der Waals surface area (Å²) in [6.45, 7) is 11.1.